The second-order valence-electron chi connectivity index (χ2n) is 7.71. The highest BCUT2D eigenvalue weighted by Crippen LogP contribution is 2.29. The number of carbonyl (C=O) groups excluding carboxylic acids is 3. The first kappa shape index (κ1) is 19.9. The van der Waals surface area contributed by atoms with Crippen molar-refractivity contribution in [3.8, 4) is 5.88 Å². The molecule has 1 saturated heterocycles. The number of nitrogens with zero attached hydrogens (tertiary/aromatic N) is 4. The summed E-state index contributed by atoms with van der Waals surface area (Å²) in [5.74, 6) is -0.584. The highest BCUT2D eigenvalue weighted by Gasteiger charge is 2.43. The van der Waals surface area contributed by atoms with Crippen molar-refractivity contribution in [3.05, 3.63) is 42.1 Å². The second kappa shape index (κ2) is 8.13. The molecule has 1 saturated carbocycles. The molecule has 4 amide bonds. The van der Waals surface area contributed by atoms with Gasteiger partial charge in [0.25, 0.3) is 11.8 Å². The number of hydrogen-bond donors (Lipinski definition) is 2. The van der Waals surface area contributed by atoms with Crippen molar-refractivity contribution in [1.82, 2.24) is 24.8 Å². The first-order valence-electron chi connectivity index (χ1n) is 9.94. The summed E-state index contributed by atoms with van der Waals surface area (Å²) in [5, 5.41) is 2.78. The summed E-state index contributed by atoms with van der Waals surface area (Å²) < 4.78 is 7.69. The van der Waals surface area contributed by atoms with Crippen LogP contribution in [-0.2, 0) is 18.3 Å². The molecule has 2 fully saturated rings. The van der Waals surface area contributed by atoms with Crippen molar-refractivity contribution in [2.75, 3.05) is 0 Å². The maximum atomic E-state index is 12.8. The number of aryl methyl sites for hydroxylation is 1. The number of primary amides is 1. The Morgan fingerprint density at radius 1 is 1.27 bits per heavy atom. The molecule has 30 heavy (non-hydrogen) atoms. The van der Waals surface area contributed by atoms with Gasteiger partial charge in [-0.1, -0.05) is 0 Å². The Bertz CT molecular complexity index is 966. The van der Waals surface area contributed by atoms with Gasteiger partial charge in [-0.15, -0.1) is 0 Å². The smallest absolute Gasteiger partial charge is 0.325 e. The SMILES string of the molecule is Cn1cnc(CC2NC(=O)N(C3CCC(Oc4ncccc4C(N)=O)CC3)C2=O)c1. The van der Waals surface area contributed by atoms with Crippen LogP contribution in [0.5, 0.6) is 5.88 Å². The number of nitrogens with two attached hydrogens (primary N) is 1. The third-order valence-electron chi connectivity index (χ3n) is 5.55. The van der Waals surface area contributed by atoms with Crippen LogP contribution in [0.4, 0.5) is 4.79 Å². The predicted molar refractivity (Wildman–Crippen MR) is 106 cm³/mol. The summed E-state index contributed by atoms with van der Waals surface area (Å²) >= 11 is 0. The zero-order valence-electron chi connectivity index (χ0n) is 16.7. The number of imidazole rings is 1. The Kier molecular flexibility index (Phi) is 5.39. The van der Waals surface area contributed by atoms with Crippen LogP contribution in [0.25, 0.3) is 0 Å². The van der Waals surface area contributed by atoms with E-state index in [-0.39, 0.29) is 35.5 Å². The van der Waals surface area contributed by atoms with Crippen LogP contribution in [0.3, 0.4) is 0 Å². The van der Waals surface area contributed by atoms with Crippen molar-refractivity contribution >= 4 is 17.8 Å². The molecule has 1 aliphatic heterocycles. The third-order valence-corrected chi connectivity index (χ3v) is 5.55. The van der Waals surface area contributed by atoms with Gasteiger partial charge >= 0.3 is 6.03 Å². The number of imide groups is 1. The zero-order valence-corrected chi connectivity index (χ0v) is 16.7. The molecular weight excluding hydrogens is 388 g/mol. The lowest BCUT2D eigenvalue weighted by Gasteiger charge is -2.33. The number of aromatic nitrogens is 3. The lowest BCUT2D eigenvalue weighted by atomic mass is 9.91. The first-order valence-corrected chi connectivity index (χ1v) is 9.94. The monoisotopic (exact) mass is 412 g/mol. The summed E-state index contributed by atoms with van der Waals surface area (Å²) in [6.07, 6.45) is 7.79. The molecule has 1 unspecified atom stereocenters. The molecular formula is C20H24N6O4. The molecule has 0 radical (unpaired) electrons. The Morgan fingerprint density at radius 3 is 2.70 bits per heavy atom. The van der Waals surface area contributed by atoms with Crippen LogP contribution in [0.15, 0.2) is 30.9 Å². The molecule has 0 bridgehead atoms. The van der Waals surface area contributed by atoms with E-state index in [9.17, 15) is 14.4 Å². The molecule has 1 aliphatic carbocycles. The normalized spacial score (nSPS) is 24.0. The quantitative estimate of drug-likeness (QED) is 0.674. The van der Waals surface area contributed by atoms with Crippen molar-refractivity contribution in [1.29, 1.82) is 0 Å². The third kappa shape index (κ3) is 3.98. The molecule has 10 heteroatoms. The molecule has 0 spiro atoms. The van der Waals surface area contributed by atoms with Crippen molar-refractivity contribution < 1.29 is 19.1 Å². The van der Waals surface area contributed by atoms with Gasteiger partial charge in [-0.05, 0) is 37.8 Å². The van der Waals surface area contributed by atoms with Gasteiger partial charge in [-0.2, -0.15) is 0 Å². The van der Waals surface area contributed by atoms with Gasteiger partial charge in [0, 0.05) is 31.9 Å². The standard InChI is InChI=1S/C20H24N6O4/c1-25-10-12(23-11-25)9-16-19(28)26(20(29)24-16)13-4-6-14(7-5-13)30-18-15(17(21)27)3-2-8-22-18/h2-3,8,10-11,13-14,16H,4-7,9H2,1H3,(H2,21,27)(H,24,29). The molecule has 1 atom stereocenters. The summed E-state index contributed by atoms with van der Waals surface area (Å²) in [7, 11) is 1.86. The molecule has 158 valence electrons. The number of pyridine rings is 1. The minimum absolute atomic E-state index is 0.153. The largest absolute Gasteiger partial charge is 0.474 e. The topological polar surface area (TPSA) is 132 Å². The van der Waals surface area contributed by atoms with E-state index < -0.39 is 11.9 Å². The van der Waals surface area contributed by atoms with Gasteiger partial charge in [0.15, 0.2) is 0 Å². The van der Waals surface area contributed by atoms with Gasteiger partial charge < -0.3 is 20.4 Å². The average Bonchev–Trinajstić information content (AvgIpc) is 3.25. The zero-order chi connectivity index (χ0) is 21.3. The van der Waals surface area contributed by atoms with Gasteiger partial charge in [-0.25, -0.2) is 14.8 Å². The van der Waals surface area contributed by atoms with Gasteiger partial charge in [0.2, 0.25) is 5.88 Å². The first-order chi connectivity index (χ1) is 14.4. The number of amides is 4. The summed E-state index contributed by atoms with van der Waals surface area (Å²) in [4.78, 5) is 46.5. The van der Waals surface area contributed by atoms with Crippen LogP contribution in [-0.4, -0.2) is 55.5 Å². The predicted octanol–water partition coefficient (Wildman–Crippen LogP) is 0.767. The fourth-order valence-corrected chi connectivity index (χ4v) is 4.07. The van der Waals surface area contributed by atoms with Crippen LogP contribution in [0, 0.1) is 0 Å². The number of urea groups is 1. The Labute approximate surface area is 173 Å². The minimum atomic E-state index is -0.593. The minimum Gasteiger partial charge on any atom is -0.474 e. The van der Waals surface area contributed by atoms with E-state index >= 15 is 0 Å². The average molecular weight is 412 g/mol. The van der Waals surface area contributed by atoms with Crippen molar-refractivity contribution in [2.24, 2.45) is 12.8 Å². The second-order valence-corrected chi connectivity index (χ2v) is 7.71. The van der Waals surface area contributed by atoms with Crippen LogP contribution in [0.1, 0.15) is 41.7 Å². The number of ether oxygens (including phenoxy) is 1. The van der Waals surface area contributed by atoms with E-state index in [4.69, 9.17) is 10.5 Å². The van der Waals surface area contributed by atoms with Gasteiger partial charge in [0.05, 0.1) is 12.0 Å². The maximum absolute atomic E-state index is 12.8. The van der Waals surface area contributed by atoms with Gasteiger partial charge in [-0.3, -0.25) is 14.5 Å². The van der Waals surface area contributed by atoms with E-state index in [1.54, 1.807) is 29.2 Å². The van der Waals surface area contributed by atoms with E-state index in [0.29, 0.717) is 32.1 Å². The van der Waals surface area contributed by atoms with E-state index in [1.165, 1.54) is 4.90 Å². The fourth-order valence-electron chi connectivity index (χ4n) is 4.07. The van der Waals surface area contributed by atoms with Gasteiger partial charge in [0.1, 0.15) is 17.7 Å². The number of carbonyl (C=O) groups is 3. The summed E-state index contributed by atoms with van der Waals surface area (Å²) in [6.45, 7) is 0. The highest BCUT2D eigenvalue weighted by atomic mass is 16.5. The molecule has 3 heterocycles. The van der Waals surface area contributed by atoms with Crippen molar-refractivity contribution in [3.63, 3.8) is 0 Å². The molecule has 2 aliphatic rings. The van der Waals surface area contributed by atoms with Crippen molar-refractivity contribution in [2.45, 2.75) is 50.3 Å². The van der Waals surface area contributed by atoms with Crippen LogP contribution in [0.2, 0.25) is 0 Å². The van der Waals surface area contributed by atoms with Crippen LogP contribution >= 0.6 is 0 Å². The molecule has 2 aromatic heterocycles. The Morgan fingerprint density at radius 2 is 2.03 bits per heavy atom. The summed E-state index contributed by atoms with van der Waals surface area (Å²) in [5.41, 5.74) is 6.37. The number of hydrogen-bond acceptors (Lipinski definition) is 6. The Balaban J connectivity index is 1.35. The lowest BCUT2D eigenvalue weighted by molar-refractivity contribution is -0.129. The summed E-state index contributed by atoms with van der Waals surface area (Å²) in [6, 6.07) is 2.08. The van der Waals surface area contributed by atoms with E-state index in [2.05, 4.69) is 15.3 Å². The molecule has 3 N–H and O–H groups in total. The molecule has 4 rings (SSSR count). The van der Waals surface area contributed by atoms with E-state index in [0.717, 1.165) is 5.69 Å². The number of rotatable bonds is 6. The number of nitrogens with one attached hydrogen (secondary N) is 1. The molecule has 10 nitrogen and oxygen atoms in total. The fraction of sp³-hybridized carbons (Fsp3) is 0.450. The molecule has 0 aromatic carbocycles. The molecule has 2 aromatic rings. The van der Waals surface area contributed by atoms with Crippen LogP contribution < -0.4 is 15.8 Å². The highest BCUT2D eigenvalue weighted by molar-refractivity contribution is 6.04. The Hall–Kier alpha value is -3.43. The van der Waals surface area contributed by atoms with E-state index in [1.807, 2.05) is 13.2 Å². The maximum Gasteiger partial charge on any atom is 0.325 e. The lowest BCUT2D eigenvalue weighted by Crippen LogP contribution is -2.44.